The summed E-state index contributed by atoms with van der Waals surface area (Å²) in [6.45, 7) is 5.70. The molecule has 0 saturated carbocycles. The summed E-state index contributed by atoms with van der Waals surface area (Å²) in [5.41, 5.74) is 5.76. The van der Waals surface area contributed by atoms with Crippen LogP contribution in [0.4, 0.5) is 5.69 Å². The number of nitrogens with one attached hydrogen (secondary N) is 1. The molecular weight excluding hydrogens is 370 g/mol. The fourth-order valence-electron chi connectivity index (χ4n) is 3.17. The molecule has 0 radical (unpaired) electrons. The lowest BCUT2D eigenvalue weighted by atomic mass is 10.1. The number of rotatable bonds is 4. The van der Waals surface area contributed by atoms with Gasteiger partial charge in [0.05, 0.1) is 10.6 Å². The molecule has 0 unspecified atom stereocenters. The molecule has 0 aliphatic rings. The number of sulfonamides is 1. The molecule has 2 aromatic heterocycles. The summed E-state index contributed by atoms with van der Waals surface area (Å²) < 4.78 is 30.4. The molecular formula is C22H21N3O2S. The maximum absolute atomic E-state index is 12.9. The summed E-state index contributed by atoms with van der Waals surface area (Å²) in [4.78, 5) is 4.94. The van der Waals surface area contributed by atoms with E-state index in [0.29, 0.717) is 16.1 Å². The highest BCUT2D eigenvalue weighted by atomic mass is 32.2. The number of aryl methyl sites for hydroxylation is 3. The molecule has 0 aliphatic carbocycles. The number of anilines is 1. The van der Waals surface area contributed by atoms with Gasteiger partial charge in [0, 0.05) is 23.6 Å². The molecule has 5 nitrogen and oxygen atoms in total. The minimum Gasteiger partial charge on any atom is -0.306 e. The van der Waals surface area contributed by atoms with Crippen LogP contribution < -0.4 is 4.72 Å². The van der Waals surface area contributed by atoms with E-state index < -0.39 is 10.0 Å². The Kier molecular flexibility index (Phi) is 4.43. The molecule has 28 heavy (non-hydrogen) atoms. The Hall–Kier alpha value is -3.12. The Morgan fingerprint density at radius 3 is 2.54 bits per heavy atom. The smallest absolute Gasteiger partial charge is 0.262 e. The molecule has 0 fully saturated rings. The van der Waals surface area contributed by atoms with Gasteiger partial charge in [-0.15, -0.1) is 0 Å². The average molecular weight is 391 g/mol. The normalized spacial score (nSPS) is 11.7. The van der Waals surface area contributed by atoms with Crippen LogP contribution in [0.25, 0.3) is 16.9 Å². The number of fused-ring (bicyclic) bond motifs is 1. The van der Waals surface area contributed by atoms with E-state index in [1.165, 1.54) is 0 Å². The van der Waals surface area contributed by atoms with Gasteiger partial charge >= 0.3 is 0 Å². The van der Waals surface area contributed by atoms with E-state index in [1.54, 1.807) is 25.1 Å². The van der Waals surface area contributed by atoms with Gasteiger partial charge in [-0.2, -0.15) is 0 Å². The Morgan fingerprint density at radius 2 is 1.71 bits per heavy atom. The number of pyridine rings is 1. The van der Waals surface area contributed by atoms with Gasteiger partial charge in [0.25, 0.3) is 10.0 Å². The molecule has 1 N–H and O–H groups in total. The summed E-state index contributed by atoms with van der Waals surface area (Å²) in [6, 6.07) is 16.7. The summed E-state index contributed by atoms with van der Waals surface area (Å²) >= 11 is 0. The van der Waals surface area contributed by atoms with Crippen molar-refractivity contribution in [3.05, 3.63) is 83.7 Å². The highest BCUT2D eigenvalue weighted by molar-refractivity contribution is 7.92. The molecule has 0 spiro atoms. The number of imidazole rings is 1. The molecule has 0 amide bonds. The summed E-state index contributed by atoms with van der Waals surface area (Å²) in [6.07, 6.45) is 3.90. The predicted octanol–water partition coefficient (Wildman–Crippen LogP) is 4.73. The van der Waals surface area contributed by atoms with Crippen molar-refractivity contribution in [2.24, 2.45) is 0 Å². The number of aromatic nitrogens is 2. The van der Waals surface area contributed by atoms with Gasteiger partial charge in [-0.1, -0.05) is 24.3 Å². The minimum absolute atomic E-state index is 0.293. The molecule has 2 heterocycles. The van der Waals surface area contributed by atoms with Crippen LogP contribution in [0.3, 0.4) is 0 Å². The number of nitrogens with zero attached hydrogens (tertiary/aromatic N) is 2. The SMILES string of the molecule is Cc1ccc(C)c(S(=O)(=O)Nc2cccc(-c3cn4ccc(C)cc4n3)c2)c1. The van der Waals surface area contributed by atoms with Crippen molar-refractivity contribution in [3.8, 4) is 11.3 Å². The standard InChI is InChI=1S/C22H21N3O2S/c1-15-7-8-17(3)21(11-15)28(26,27)24-19-6-4-5-18(13-19)20-14-25-10-9-16(2)12-22(25)23-20/h4-14,24H,1-3H3. The second kappa shape index (κ2) is 6.80. The first-order chi connectivity index (χ1) is 13.3. The van der Waals surface area contributed by atoms with Gasteiger partial charge in [0.15, 0.2) is 0 Å². The van der Waals surface area contributed by atoms with Crippen LogP contribution >= 0.6 is 0 Å². The maximum atomic E-state index is 12.9. The molecule has 0 saturated heterocycles. The molecule has 0 atom stereocenters. The van der Waals surface area contributed by atoms with Crippen LogP contribution in [-0.4, -0.2) is 17.8 Å². The second-order valence-electron chi connectivity index (χ2n) is 7.05. The van der Waals surface area contributed by atoms with Crippen molar-refractivity contribution in [3.63, 3.8) is 0 Å². The highest BCUT2D eigenvalue weighted by Crippen LogP contribution is 2.25. The van der Waals surface area contributed by atoms with E-state index in [2.05, 4.69) is 9.71 Å². The topological polar surface area (TPSA) is 63.5 Å². The fraction of sp³-hybridized carbons (Fsp3) is 0.136. The molecule has 6 heteroatoms. The van der Waals surface area contributed by atoms with E-state index in [4.69, 9.17) is 0 Å². The maximum Gasteiger partial charge on any atom is 0.262 e. The van der Waals surface area contributed by atoms with Crippen LogP contribution in [-0.2, 0) is 10.0 Å². The lowest BCUT2D eigenvalue weighted by molar-refractivity contribution is 0.600. The highest BCUT2D eigenvalue weighted by Gasteiger charge is 2.17. The molecule has 142 valence electrons. The van der Waals surface area contributed by atoms with Crippen molar-refractivity contribution < 1.29 is 8.42 Å². The first-order valence-corrected chi connectivity index (χ1v) is 10.5. The largest absolute Gasteiger partial charge is 0.306 e. The Morgan fingerprint density at radius 1 is 0.929 bits per heavy atom. The van der Waals surface area contributed by atoms with Crippen molar-refractivity contribution in [1.29, 1.82) is 0 Å². The van der Waals surface area contributed by atoms with Gasteiger partial charge in [-0.05, 0) is 67.8 Å². The van der Waals surface area contributed by atoms with Gasteiger partial charge in [0.1, 0.15) is 5.65 Å². The van der Waals surface area contributed by atoms with Crippen LogP contribution in [0.5, 0.6) is 0 Å². The Labute approximate surface area is 164 Å². The molecule has 0 bridgehead atoms. The van der Waals surface area contributed by atoms with Crippen molar-refractivity contribution in [2.75, 3.05) is 4.72 Å². The van der Waals surface area contributed by atoms with E-state index >= 15 is 0 Å². The van der Waals surface area contributed by atoms with Crippen molar-refractivity contribution in [2.45, 2.75) is 25.7 Å². The van der Waals surface area contributed by atoms with Crippen LogP contribution in [0, 0.1) is 20.8 Å². The average Bonchev–Trinajstić information content (AvgIpc) is 3.06. The van der Waals surface area contributed by atoms with Gasteiger partial charge in [-0.25, -0.2) is 13.4 Å². The molecule has 2 aromatic carbocycles. The summed E-state index contributed by atoms with van der Waals surface area (Å²) in [5, 5.41) is 0. The fourth-order valence-corrected chi connectivity index (χ4v) is 4.55. The van der Waals surface area contributed by atoms with Crippen molar-refractivity contribution >= 4 is 21.4 Å². The Bertz CT molecular complexity index is 1290. The van der Waals surface area contributed by atoms with Crippen LogP contribution in [0.15, 0.2) is 71.9 Å². The zero-order valence-electron chi connectivity index (χ0n) is 16.0. The summed E-state index contributed by atoms with van der Waals surface area (Å²) in [5.74, 6) is 0. The third-order valence-corrected chi connectivity index (χ3v) is 6.18. The third kappa shape index (κ3) is 3.51. The van der Waals surface area contributed by atoms with Crippen molar-refractivity contribution in [1.82, 2.24) is 9.38 Å². The zero-order chi connectivity index (χ0) is 19.9. The number of hydrogen-bond donors (Lipinski definition) is 1. The van der Waals surface area contributed by atoms with Crippen LogP contribution in [0.1, 0.15) is 16.7 Å². The molecule has 4 aromatic rings. The quantitative estimate of drug-likeness (QED) is 0.547. The lowest BCUT2D eigenvalue weighted by Crippen LogP contribution is -2.14. The molecule has 0 aliphatic heterocycles. The number of hydrogen-bond acceptors (Lipinski definition) is 3. The monoisotopic (exact) mass is 391 g/mol. The summed E-state index contributed by atoms with van der Waals surface area (Å²) in [7, 11) is -3.67. The zero-order valence-corrected chi connectivity index (χ0v) is 16.8. The van der Waals surface area contributed by atoms with E-state index in [1.807, 2.05) is 67.0 Å². The van der Waals surface area contributed by atoms with Gasteiger partial charge in [-0.3, -0.25) is 4.72 Å². The first kappa shape index (κ1) is 18.3. The number of benzene rings is 2. The minimum atomic E-state index is -3.67. The third-order valence-electron chi connectivity index (χ3n) is 4.66. The first-order valence-electron chi connectivity index (χ1n) is 8.98. The van der Waals surface area contributed by atoms with Gasteiger partial charge in [0.2, 0.25) is 0 Å². The predicted molar refractivity (Wildman–Crippen MR) is 112 cm³/mol. The van der Waals surface area contributed by atoms with E-state index in [-0.39, 0.29) is 0 Å². The second-order valence-corrected chi connectivity index (χ2v) is 8.70. The van der Waals surface area contributed by atoms with E-state index in [9.17, 15) is 8.42 Å². The van der Waals surface area contributed by atoms with E-state index in [0.717, 1.165) is 28.0 Å². The lowest BCUT2D eigenvalue weighted by Gasteiger charge is -2.12. The van der Waals surface area contributed by atoms with Crippen LogP contribution in [0.2, 0.25) is 0 Å². The van der Waals surface area contributed by atoms with Gasteiger partial charge < -0.3 is 4.40 Å². The molecule has 4 rings (SSSR count). The Balaban J connectivity index is 1.69.